The van der Waals surface area contributed by atoms with Crippen molar-refractivity contribution in [3.8, 4) is 5.75 Å². The molecule has 0 fully saturated rings. The van der Waals surface area contributed by atoms with Crippen LogP contribution in [0.25, 0.3) is 10.2 Å². The van der Waals surface area contributed by atoms with Crippen molar-refractivity contribution in [2.75, 3.05) is 7.11 Å². The summed E-state index contributed by atoms with van der Waals surface area (Å²) in [6.45, 7) is 0. The average Bonchev–Trinajstić information content (AvgIpc) is 2.96. The van der Waals surface area contributed by atoms with E-state index in [-0.39, 0.29) is 6.04 Å². The number of methoxy groups -OCH3 is 1. The van der Waals surface area contributed by atoms with Crippen LogP contribution >= 0.6 is 22.9 Å². The monoisotopic (exact) mass is 319 g/mol. The van der Waals surface area contributed by atoms with E-state index in [9.17, 15) is 0 Å². The van der Waals surface area contributed by atoms with E-state index in [4.69, 9.17) is 22.2 Å². The number of pyridine rings is 1. The molecule has 0 radical (unpaired) electrons. The SMILES string of the molecule is COc1ccc(Cl)cc1C(NN)c1cnc2ccsc2c1. The highest BCUT2D eigenvalue weighted by atomic mass is 35.5. The number of fused-ring (bicyclic) bond motifs is 1. The number of hydrogen-bond acceptors (Lipinski definition) is 5. The number of hydrazine groups is 1. The first-order valence-electron chi connectivity index (χ1n) is 6.35. The van der Waals surface area contributed by atoms with E-state index in [0.717, 1.165) is 27.1 Å². The molecule has 3 rings (SSSR count). The minimum atomic E-state index is -0.238. The number of benzene rings is 1. The third kappa shape index (κ3) is 2.73. The minimum Gasteiger partial charge on any atom is -0.496 e. The highest BCUT2D eigenvalue weighted by Crippen LogP contribution is 2.33. The van der Waals surface area contributed by atoms with Crippen LogP contribution in [0.15, 0.2) is 41.9 Å². The summed E-state index contributed by atoms with van der Waals surface area (Å²) in [5.74, 6) is 6.49. The topological polar surface area (TPSA) is 60.2 Å². The van der Waals surface area contributed by atoms with Crippen LogP contribution in [0.5, 0.6) is 5.75 Å². The van der Waals surface area contributed by atoms with Crippen molar-refractivity contribution in [3.63, 3.8) is 0 Å². The van der Waals surface area contributed by atoms with Crippen molar-refractivity contribution in [2.45, 2.75) is 6.04 Å². The lowest BCUT2D eigenvalue weighted by molar-refractivity contribution is 0.404. The molecule has 21 heavy (non-hydrogen) atoms. The number of nitrogens with two attached hydrogens (primary N) is 1. The first-order valence-corrected chi connectivity index (χ1v) is 7.61. The van der Waals surface area contributed by atoms with Gasteiger partial charge in [0.25, 0.3) is 0 Å². The number of rotatable bonds is 4. The van der Waals surface area contributed by atoms with Gasteiger partial charge in [-0.05, 0) is 41.3 Å². The van der Waals surface area contributed by atoms with Crippen molar-refractivity contribution in [2.24, 2.45) is 5.84 Å². The highest BCUT2D eigenvalue weighted by Gasteiger charge is 2.18. The van der Waals surface area contributed by atoms with Gasteiger partial charge in [-0.2, -0.15) is 0 Å². The maximum Gasteiger partial charge on any atom is 0.124 e. The van der Waals surface area contributed by atoms with Crippen molar-refractivity contribution < 1.29 is 4.74 Å². The van der Waals surface area contributed by atoms with Crippen LogP contribution in [-0.4, -0.2) is 12.1 Å². The molecule has 1 atom stereocenters. The summed E-state index contributed by atoms with van der Waals surface area (Å²) in [5.41, 5.74) is 5.65. The summed E-state index contributed by atoms with van der Waals surface area (Å²) in [5, 5.41) is 2.66. The summed E-state index contributed by atoms with van der Waals surface area (Å²) in [6.07, 6.45) is 1.82. The first kappa shape index (κ1) is 14.3. The Kier molecular flexibility index (Phi) is 4.07. The van der Waals surface area contributed by atoms with E-state index in [2.05, 4.69) is 16.5 Å². The summed E-state index contributed by atoms with van der Waals surface area (Å²) in [7, 11) is 1.63. The molecule has 3 N–H and O–H groups in total. The fourth-order valence-electron chi connectivity index (χ4n) is 2.32. The third-order valence-corrected chi connectivity index (χ3v) is 4.41. The molecule has 0 aliphatic carbocycles. The predicted molar refractivity (Wildman–Crippen MR) is 86.8 cm³/mol. The second-order valence-corrected chi connectivity index (χ2v) is 5.94. The number of halogens is 1. The minimum absolute atomic E-state index is 0.238. The first-order chi connectivity index (χ1) is 10.2. The third-order valence-electron chi connectivity index (χ3n) is 3.33. The molecule has 3 aromatic rings. The van der Waals surface area contributed by atoms with E-state index in [0.29, 0.717) is 5.02 Å². The van der Waals surface area contributed by atoms with Crippen molar-refractivity contribution in [1.29, 1.82) is 0 Å². The van der Waals surface area contributed by atoms with Gasteiger partial charge >= 0.3 is 0 Å². The smallest absolute Gasteiger partial charge is 0.124 e. The number of nitrogens with one attached hydrogen (secondary N) is 1. The number of ether oxygens (including phenoxy) is 1. The molecule has 1 aromatic carbocycles. The van der Waals surface area contributed by atoms with Crippen LogP contribution < -0.4 is 16.0 Å². The van der Waals surface area contributed by atoms with Gasteiger partial charge < -0.3 is 4.74 Å². The summed E-state index contributed by atoms with van der Waals surface area (Å²) in [6, 6.07) is 9.31. The highest BCUT2D eigenvalue weighted by molar-refractivity contribution is 7.17. The van der Waals surface area contributed by atoms with E-state index in [1.807, 2.05) is 29.8 Å². The summed E-state index contributed by atoms with van der Waals surface area (Å²) in [4.78, 5) is 4.45. The zero-order valence-electron chi connectivity index (χ0n) is 11.3. The van der Waals surface area contributed by atoms with Gasteiger partial charge in [-0.25, -0.2) is 5.43 Å². The van der Waals surface area contributed by atoms with Gasteiger partial charge in [-0.15, -0.1) is 11.3 Å². The summed E-state index contributed by atoms with van der Waals surface area (Å²) >= 11 is 7.75. The van der Waals surface area contributed by atoms with Gasteiger partial charge in [0.2, 0.25) is 0 Å². The number of thiophene rings is 1. The number of hydrogen-bond donors (Lipinski definition) is 2. The maximum atomic E-state index is 6.10. The lowest BCUT2D eigenvalue weighted by Gasteiger charge is -2.19. The Bertz CT molecular complexity index is 774. The predicted octanol–water partition coefficient (Wildman–Crippen LogP) is 3.51. The Morgan fingerprint density at radius 2 is 2.19 bits per heavy atom. The van der Waals surface area contributed by atoms with Crippen molar-refractivity contribution in [1.82, 2.24) is 10.4 Å². The molecular formula is C15H14ClN3OS. The number of nitrogens with zero attached hydrogens (tertiary/aromatic N) is 1. The Morgan fingerprint density at radius 1 is 1.33 bits per heavy atom. The van der Waals surface area contributed by atoms with E-state index in [1.165, 1.54) is 0 Å². The fraction of sp³-hybridized carbons (Fsp3) is 0.133. The molecule has 0 amide bonds. The average molecular weight is 320 g/mol. The zero-order valence-corrected chi connectivity index (χ0v) is 12.9. The molecule has 2 heterocycles. The normalized spacial score (nSPS) is 12.5. The molecule has 0 bridgehead atoms. The van der Waals surface area contributed by atoms with Crippen LogP contribution in [0.1, 0.15) is 17.2 Å². The van der Waals surface area contributed by atoms with Crippen LogP contribution in [0.3, 0.4) is 0 Å². The Balaban J connectivity index is 2.10. The number of aromatic nitrogens is 1. The molecule has 4 nitrogen and oxygen atoms in total. The molecule has 0 spiro atoms. The molecule has 1 unspecified atom stereocenters. The lowest BCUT2D eigenvalue weighted by atomic mass is 9.99. The maximum absolute atomic E-state index is 6.10. The van der Waals surface area contributed by atoms with E-state index >= 15 is 0 Å². The Morgan fingerprint density at radius 3 is 2.95 bits per heavy atom. The van der Waals surface area contributed by atoms with Crippen molar-refractivity contribution >= 4 is 33.2 Å². The van der Waals surface area contributed by atoms with Gasteiger partial charge in [0, 0.05) is 16.8 Å². The standard InChI is InChI=1S/C15H14ClN3OS/c1-20-13-3-2-10(16)7-11(13)15(19-17)9-6-14-12(18-8-9)4-5-21-14/h2-8,15,19H,17H2,1H3. The quantitative estimate of drug-likeness (QED) is 0.570. The largest absolute Gasteiger partial charge is 0.496 e. The van der Waals surface area contributed by atoms with Crippen LogP contribution in [0, 0.1) is 0 Å². The Hall–Kier alpha value is -1.66. The van der Waals surface area contributed by atoms with Crippen LogP contribution in [0.4, 0.5) is 0 Å². The van der Waals surface area contributed by atoms with E-state index < -0.39 is 0 Å². The molecule has 0 aliphatic heterocycles. The molecule has 0 aliphatic rings. The molecule has 108 valence electrons. The molecule has 0 saturated heterocycles. The zero-order chi connectivity index (χ0) is 14.8. The van der Waals surface area contributed by atoms with E-state index in [1.54, 1.807) is 24.5 Å². The van der Waals surface area contributed by atoms with Gasteiger partial charge in [0.15, 0.2) is 0 Å². The molecule has 0 saturated carbocycles. The second-order valence-electron chi connectivity index (χ2n) is 4.56. The van der Waals surface area contributed by atoms with Gasteiger partial charge in [-0.3, -0.25) is 10.8 Å². The van der Waals surface area contributed by atoms with Gasteiger partial charge in [0.05, 0.1) is 23.4 Å². The fourth-order valence-corrected chi connectivity index (χ4v) is 3.29. The van der Waals surface area contributed by atoms with Gasteiger partial charge in [0.1, 0.15) is 5.75 Å². The molecule has 6 heteroatoms. The molecular weight excluding hydrogens is 306 g/mol. The van der Waals surface area contributed by atoms with Crippen LogP contribution in [-0.2, 0) is 0 Å². The second kappa shape index (κ2) is 5.99. The lowest BCUT2D eigenvalue weighted by Crippen LogP contribution is -2.29. The van der Waals surface area contributed by atoms with Gasteiger partial charge in [-0.1, -0.05) is 11.6 Å². The van der Waals surface area contributed by atoms with Crippen LogP contribution in [0.2, 0.25) is 5.02 Å². The summed E-state index contributed by atoms with van der Waals surface area (Å²) < 4.78 is 6.52. The Labute approximate surface area is 131 Å². The molecule has 2 aromatic heterocycles. The van der Waals surface area contributed by atoms with Crippen molar-refractivity contribution in [3.05, 3.63) is 58.1 Å².